The van der Waals surface area contributed by atoms with Crippen molar-refractivity contribution in [1.82, 2.24) is 0 Å². The third kappa shape index (κ3) is 3.83. The highest BCUT2D eigenvalue weighted by Crippen LogP contribution is 2.17. The van der Waals surface area contributed by atoms with Gasteiger partial charge in [0.2, 0.25) is 0 Å². The minimum Gasteiger partial charge on any atom is -0.351 e. The first-order valence-electron chi connectivity index (χ1n) is 5.78. The number of amides is 3. The van der Waals surface area contributed by atoms with Crippen molar-refractivity contribution in [2.75, 3.05) is 10.6 Å². The highest BCUT2D eigenvalue weighted by Gasteiger charge is 2.07. The molecule has 0 aromatic heterocycles. The molecular formula is C14H12BrN3O2. The third-order valence-electron chi connectivity index (χ3n) is 2.47. The van der Waals surface area contributed by atoms with Gasteiger partial charge in [0.25, 0.3) is 5.91 Å². The topological polar surface area (TPSA) is 84.2 Å². The number of urea groups is 1. The molecular weight excluding hydrogens is 322 g/mol. The van der Waals surface area contributed by atoms with Gasteiger partial charge in [0.1, 0.15) is 0 Å². The van der Waals surface area contributed by atoms with Gasteiger partial charge in [-0.05, 0) is 36.4 Å². The highest BCUT2D eigenvalue weighted by molar-refractivity contribution is 9.10. The van der Waals surface area contributed by atoms with Crippen LogP contribution in [0.2, 0.25) is 0 Å². The summed E-state index contributed by atoms with van der Waals surface area (Å²) < 4.78 is 0.828. The first kappa shape index (κ1) is 14.1. The molecule has 0 saturated heterocycles. The molecule has 0 bridgehead atoms. The normalized spacial score (nSPS) is 9.85. The van der Waals surface area contributed by atoms with E-state index in [1.165, 1.54) is 0 Å². The van der Waals surface area contributed by atoms with Crippen LogP contribution in [-0.4, -0.2) is 11.9 Å². The van der Waals surface area contributed by atoms with Gasteiger partial charge < -0.3 is 16.4 Å². The van der Waals surface area contributed by atoms with Crippen LogP contribution in [0.5, 0.6) is 0 Å². The maximum atomic E-state index is 12.1. The summed E-state index contributed by atoms with van der Waals surface area (Å²) in [7, 11) is 0. The van der Waals surface area contributed by atoms with Crippen molar-refractivity contribution in [1.29, 1.82) is 0 Å². The highest BCUT2D eigenvalue weighted by atomic mass is 79.9. The average Bonchev–Trinajstić information content (AvgIpc) is 2.38. The van der Waals surface area contributed by atoms with Crippen LogP contribution in [0.3, 0.4) is 0 Å². The summed E-state index contributed by atoms with van der Waals surface area (Å²) >= 11 is 3.31. The maximum absolute atomic E-state index is 12.1. The molecule has 6 heteroatoms. The van der Waals surface area contributed by atoms with E-state index in [4.69, 9.17) is 5.73 Å². The lowest BCUT2D eigenvalue weighted by atomic mass is 10.2. The monoisotopic (exact) mass is 333 g/mol. The van der Waals surface area contributed by atoms with Gasteiger partial charge in [-0.1, -0.05) is 28.1 Å². The predicted molar refractivity (Wildman–Crippen MR) is 81.7 cm³/mol. The first-order chi connectivity index (χ1) is 9.54. The number of primary amides is 1. The summed E-state index contributed by atoms with van der Waals surface area (Å²) in [6.45, 7) is 0. The summed E-state index contributed by atoms with van der Waals surface area (Å²) in [4.78, 5) is 22.8. The summed E-state index contributed by atoms with van der Waals surface area (Å²) in [5.74, 6) is -0.234. The van der Waals surface area contributed by atoms with E-state index in [-0.39, 0.29) is 5.91 Å². The van der Waals surface area contributed by atoms with Crippen LogP contribution in [-0.2, 0) is 0 Å². The van der Waals surface area contributed by atoms with E-state index in [2.05, 4.69) is 26.6 Å². The van der Waals surface area contributed by atoms with Crippen LogP contribution in [0, 0.1) is 0 Å². The number of nitrogens with one attached hydrogen (secondary N) is 2. The van der Waals surface area contributed by atoms with Crippen molar-refractivity contribution in [2.24, 2.45) is 5.73 Å². The molecule has 20 heavy (non-hydrogen) atoms. The van der Waals surface area contributed by atoms with Gasteiger partial charge in [0.15, 0.2) is 0 Å². The van der Waals surface area contributed by atoms with Crippen LogP contribution in [0.1, 0.15) is 10.4 Å². The summed E-state index contributed by atoms with van der Waals surface area (Å²) in [6, 6.07) is 13.1. The zero-order chi connectivity index (χ0) is 14.5. The summed E-state index contributed by atoms with van der Waals surface area (Å²) in [5, 5.41) is 5.19. The second-order valence-corrected chi connectivity index (χ2v) is 4.95. The molecule has 2 aromatic rings. The molecule has 0 aliphatic carbocycles. The minimum absolute atomic E-state index is 0.234. The van der Waals surface area contributed by atoms with Crippen LogP contribution in [0.25, 0.3) is 0 Å². The molecule has 2 rings (SSSR count). The lowest BCUT2D eigenvalue weighted by molar-refractivity contribution is 0.102. The van der Waals surface area contributed by atoms with Gasteiger partial charge in [-0.2, -0.15) is 0 Å². The molecule has 0 radical (unpaired) electrons. The zero-order valence-corrected chi connectivity index (χ0v) is 12.0. The maximum Gasteiger partial charge on any atom is 0.316 e. The van der Waals surface area contributed by atoms with Gasteiger partial charge in [-0.3, -0.25) is 4.79 Å². The molecule has 0 fully saturated rings. The molecule has 0 heterocycles. The Morgan fingerprint density at radius 2 is 1.60 bits per heavy atom. The van der Waals surface area contributed by atoms with E-state index in [0.717, 1.165) is 4.47 Å². The van der Waals surface area contributed by atoms with E-state index >= 15 is 0 Å². The molecule has 0 aliphatic rings. The van der Waals surface area contributed by atoms with Crippen LogP contribution in [0.4, 0.5) is 16.2 Å². The Bertz CT molecular complexity index is 658. The Kier molecular flexibility index (Phi) is 4.37. The Morgan fingerprint density at radius 1 is 0.950 bits per heavy atom. The van der Waals surface area contributed by atoms with Crippen molar-refractivity contribution in [3.63, 3.8) is 0 Å². The fourth-order valence-corrected chi connectivity index (χ4v) is 2.05. The molecule has 0 atom stereocenters. The molecule has 0 unspecified atom stereocenters. The fourth-order valence-electron chi connectivity index (χ4n) is 1.65. The second-order valence-electron chi connectivity index (χ2n) is 4.03. The predicted octanol–water partition coefficient (Wildman–Crippen LogP) is 3.19. The Morgan fingerprint density at radius 3 is 2.25 bits per heavy atom. The number of hydrogen-bond donors (Lipinski definition) is 3. The standard InChI is InChI=1S/C14H12BrN3O2/c15-10-4-1-3-9(7-10)13(19)17-11-5-2-6-12(8-11)18-14(16)20/h1-8H,(H,17,19)(H3,16,18,20). The van der Waals surface area contributed by atoms with E-state index in [1.807, 2.05) is 6.07 Å². The number of anilines is 2. The minimum atomic E-state index is -0.652. The Labute approximate surface area is 124 Å². The lowest BCUT2D eigenvalue weighted by Crippen LogP contribution is -2.19. The SMILES string of the molecule is NC(=O)Nc1cccc(NC(=O)c2cccc(Br)c2)c1. The summed E-state index contributed by atoms with van der Waals surface area (Å²) in [6.07, 6.45) is 0. The number of halogens is 1. The number of carbonyl (C=O) groups excluding carboxylic acids is 2. The second kappa shape index (κ2) is 6.21. The molecule has 5 nitrogen and oxygen atoms in total. The van der Waals surface area contributed by atoms with Gasteiger partial charge >= 0.3 is 6.03 Å². The van der Waals surface area contributed by atoms with E-state index in [1.54, 1.807) is 42.5 Å². The van der Waals surface area contributed by atoms with Crippen LogP contribution < -0.4 is 16.4 Å². The van der Waals surface area contributed by atoms with Crippen molar-refractivity contribution in [2.45, 2.75) is 0 Å². The first-order valence-corrected chi connectivity index (χ1v) is 6.57. The molecule has 102 valence electrons. The van der Waals surface area contributed by atoms with Crippen molar-refractivity contribution < 1.29 is 9.59 Å². The van der Waals surface area contributed by atoms with E-state index < -0.39 is 6.03 Å². The smallest absolute Gasteiger partial charge is 0.316 e. The third-order valence-corrected chi connectivity index (χ3v) is 2.97. The average molecular weight is 334 g/mol. The van der Waals surface area contributed by atoms with Gasteiger partial charge in [-0.25, -0.2) is 4.79 Å². The molecule has 3 amide bonds. The lowest BCUT2D eigenvalue weighted by Gasteiger charge is -2.08. The van der Waals surface area contributed by atoms with Crippen LogP contribution >= 0.6 is 15.9 Å². The number of rotatable bonds is 3. The Balaban J connectivity index is 2.13. The van der Waals surface area contributed by atoms with E-state index in [9.17, 15) is 9.59 Å². The van der Waals surface area contributed by atoms with Gasteiger partial charge in [0.05, 0.1) is 0 Å². The van der Waals surface area contributed by atoms with Crippen molar-refractivity contribution in [3.05, 3.63) is 58.6 Å². The summed E-state index contributed by atoms with van der Waals surface area (Å²) in [5.41, 5.74) is 6.66. The Hall–Kier alpha value is -2.34. The fraction of sp³-hybridized carbons (Fsp3) is 0. The number of nitrogens with two attached hydrogens (primary N) is 1. The number of carbonyl (C=O) groups is 2. The number of hydrogen-bond acceptors (Lipinski definition) is 2. The van der Waals surface area contributed by atoms with Gasteiger partial charge in [-0.15, -0.1) is 0 Å². The quantitative estimate of drug-likeness (QED) is 0.805. The van der Waals surface area contributed by atoms with Crippen molar-refractivity contribution in [3.8, 4) is 0 Å². The molecule has 0 aliphatic heterocycles. The number of benzene rings is 2. The van der Waals surface area contributed by atoms with Gasteiger partial charge in [0, 0.05) is 21.4 Å². The largest absolute Gasteiger partial charge is 0.351 e. The molecule has 0 spiro atoms. The molecule has 2 aromatic carbocycles. The molecule has 4 N–H and O–H groups in total. The zero-order valence-electron chi connectivity index (χ0n) is 10.4. The van der Waals surface area contributed by atoms with Crippen LogP contribution in [0.15, 0.2) is 53.0 Å². The van der Waals surface area contributed by atoms with E-state index in [0.29, 0.717) is 16.9 Å². The van der Waals surface area contributed by atoms with Crippen molar-refractivity contribution >= 4 is 39.2 Å². The molecule has 0 saturated carbocycles.